The molecule has 152 valence electrons. The minimum absolute atomic E-state index is 0.0216. The van der Waals surface area contributed by atoms with Crippen LogP contribution in [0.25, 0.3) is 11.2 Å². The van der Waals surface area contributed by atoms with Crippen molar-refractivity contribution < 1.29 is 13.5 Å². The zero-order valence-corrected chi connectivity index (χ0v) is 17.1. The van der Waals surface area contributed by atoms with Crippen molar-refractivity contribution in [2.45, 2.75) is 11.7 Å². The molecule has 0 aliphatic carbocycles. The van der Waals surface area contributed by atoms with E-state index < -0.39 is 21.3 Å². The van der Waals surface area contributed by atoms with E-state index in [-0.39, 0.29) is 28.6 Å². The van der Waals surface area contributed by atoms with E-state index >= 15 is 0 Å². The summed E-state index contributed by atoms with van der Waals surface area (Å²) in [6, 6.07) is 6.29. The lowest BCUT2D eigenvalue weighted by Crippen LogP contribution is -2.38. The summed E-state index contributed by atoms with van der Waals surface area (Å²) < 4.78 is 29.2. The molecule has 0 spiro atoms. The van der Waals surface area contributed by atoms with Gasteiger partial charge < -0.3 is 9.67 Å². The average Bonchev–Trinajstić information content (AvgIpc) is 3.00. The predicted octanol–water partition coefficient (Wildman–Crippen LogP) is -0.559. The van der Waals surface area contributed by atoms with Gasteiger partial charge in [0.05, 0.1) is 6.54 Å². The number of rotatable bonds is 3. The molecule has 0 amide bonds. The second-order valence-electron chi connectivity index (χ2n) is 6.50. The van der Waals surface area contributed by atoms with Crippen molar-refractivity contribution in [1.29, 1.82) is 0 Å². The minimum atomic E-state index is -3.94. The molecule has 0 saturated carbocycles. The highest BCUT2D eigenvalue weighted by atomic mass is 32.2. The molecule has 0 saturated heterocycles. The van der Waals surface area contributed by atoms with Gasteiger partial charge in [0.1, 0.15) is 5.75 Å². The molecule has 2 heterocycles. The van der Waals surface area contributed by atoms with Crippen LogP contribution >= 0.6 is 0 Å². The van der Waals surface area contributed by atoms with Gasteiger partial charge in [0.15, 0.2) is 11.2 Å². The number of benzene rings is 1. The molecule has 0 fully saturated rings. The van der Waals surface area contributed by atoms with E-state index in [1.165, 1.54) is 40.3 Å². The van der Waals surface area contributed by atoms with Crippen LogP contribution in [0.5, 0.6) is 5.75 Å². The number of nitrogens with zero attached hydrogens (tertiary/aromatic N) is 5. The lowest BCUT2D eigenvalue weighted by Gasteiger charge is -2.10. The van der Waals surface area contributed by atoms with Crippen LogP contribution in [-0.2, 0) is 30.7 Å². The van der Waals surface area contributed by atoms with Gasteiger partial charge >= 0.3 is 5.69 Å². The average molecular weight is 417 g/mol. The number of imidazole rings is 1. The van der Waals surface area contributed by atoms with Gasteiger partial charge in [0.25, 0.3) is 15.6 Å². The van der Waals surface area contributed by atoms with Gasteiger partial charge in [-0.2, -0.15) is 4.98 Å². The Morgan fingerprint density at radius 3 is 2.48 bits per heavy atom. The second-order valence-corrected chi connectivity index (χ2v) is 8.54. The maximum Gasteiger partial charge on any atom is 0.333 e. The van der Waals surface area contributed by atoms with E-state index in [0.29, 0.717) is 5.56 Å². The first-order valence-electron chi connectivity index (χ1n) is 8.42. The molecule has 0 unspecified atom stereocenters. The summed E-state index contributed by atoms with van der Waals surface area (Å²) >= 11 is 0. The molecule has 3 rings (SSSR count). The molecule has 1 aromatic carbocycles. The third-order valence-corrected chi connectivity index (χ3v) is 6.13. The maximum absolute atomic E-state index is 12.6. The van der Waals surface area contributed by atoms with E-state index in [2.05, 4.69) is 16.8 Å². The Balaban J connectivity index is 2.23. The minimum Gasteiger partial charge on any atom is -0.508 e. The summed E-state index contributed by atoms with van der Waals surface area (Å²) in [5, 5.41) is 9.15. The number of aromatic nitrogens is 4. The summed E-state index contributed by atoms with van der Waals surface area (Å²) in [6.07, 6.45) is 0. The zero-order valence-electron chi connectivity index (χ0n) is 16.2. The van der Waals surface area contributed by atoms with Gasteiger partial charge in [-0.05, 0) is 18.2 Å². The number of aromatic hydroxyl groups is 1. The fraction of sp³-hybridized carbons (Fsp3) is 0.278. The van der Waals surface area contributed by atoms with Crippen LogP contribution in [0, 0.1) is 11.8 Å². The maximum atomic E-state index is 12.6. The van der Waals surface area contributed by atoms with Crippen molar-refractivity contribution in [3.8, 4) is 17.6 Å². The van der Waals surface area contributed by atoms with Crippen molar-refractivity contribution in [2.75, 3.05) is 14.1 Å². The molecule has 0 bridgehead atoms. The van der Waals surface area contributed by atoms with Gasteiger partial charge in [-0.3, -0.25) is 13.9 Å². The molecule has 1 N–H and O–H groups in total. The van der Waals surface area contributed by atoms with Gasteiger partial charge in [0.2, 0.25) is 5.16 Å². The molecule has 10 nitrogen and oxygen atoms in total. The zero-order chi connectivity index (χ0) is 21.5. The Bertz CT molecular complexity index is 1400. The topological polar surface area (TPSA) is 119 Å². The smallest absolute Gasteiger partial charge is 0.333 e. The number of fused-ring (bicyclic) bond motifs is 1. The number of phenols is 1. The van der Waals surface area contributed by atoms with E-state index in [1.54, 1.807) is 12.1 Å². The highest BCUT2D eigenvalue weighted by Gasteiger charge is 2.27. The highest BCUT2D eigenvalue weighted by molar-refractivity contribution is 7.88. The van der Waals surface area contributed by atoms with Crippen molar-refractivity contribution in [3.63, 3.8) is 0 Å². The molecule has 11 heteroatoms. The Morgan fingerprint density at radius 2 is 1.86 bits per heavy atom. The standard InChI is InChI=1S/C18H19N5O5S/c1-20(2)29(27,28)17-19-15-14(21(17)3)16(25)22(4)18(26)23(15)10-6-8-12-7-5-9-13(24)11-12/h5,7,9,11,24H,10H2,1-4H3. The lowest BCUT2D eigenvalue weighted by molar-refractivity contribution is 0.475. The van der Waals surface area contributed by atoms with Crippen LogP contribution in [0.1, 0.15) is 5.56 Å². The van der Waals surface area contributed by atoms with Crippen LogP contribution < -0.4 is 11.2 Å². The van der Waals surface area contributed by atoms with Gasteiger partial charge in [-0.15, -0.1) is 0 Å². The van der Waals surface area contributed by atoms with Crippen LogP contribution in [0.15, 0.2) is 39.0 Å². The number of aryl methyl sites for hydroxylation is 1. The Kier molecular flexibility index (Phi) is 5.08. The van der Waals surface area contributed by atoms with Gasteiger partial charge in [0, 0.05) is 33.8 Å². The molecule has 29 heavy (non-hydrogen) atoms. The predicted molar refractivity (Wildman–Crippen MR) is 106 cm³/mol. The van der Waals surface area contributed by atoms with Crippen LogP contribution in [-0.4, -0.2) is 50.6 Å². The Hall–Kier alpha value is -3.36. The summed E-state index contributed by atoms with van der Waals surface area (Å²) in [6.45, 7) is -0.127. The van der Waals surface area contributed by atoms with Crippen LogP contribution in [0.4, 0.5) is 0 Å². The van der Waals surface area contributed by atoms with E-state index in [9.17, 15) is 23.1 Å². The highest BCUT2D eigenvalue weighted by Crippen LogP contribution is 2.16. The summed E-state index contributed by atoms with van der Waals surface area (Å²) in [5.41, 5.74) is -0.870. The fourth-order valence-corrected chi connectivity index (χ4v) is 3.72. The molecule has 0 aliphatic heterocycles. The molecular weight excluding hydrogens is 398 g/mol. The first kappa shape index (κ1) is 20.4. The van der Waals surface area contributed by atoms with E-state index in [1.807, 2.05) is 0 Å². The molecule has 0 atom stereocenters. The monoisotopic (exact) mass is 417 g/mol. The van der Waals surface area contributed by atoms with Crippen molar-refractivity contribution in [2.24, 2.45) is 14.1 Å². The van der Waals surface area contributed by atoms with E-state index in [0.717, 1.165) is 18.0 Å². The number of phenolic OH excluding ortho intramolecular Hbond substituents is 1. The summed E-state index contributed by atoms with van der Waals surface area (Å²) in [7, 11) is 1.46. The molecule has 0 aliphatic rings. The lowest BCUT2D eigenvalue weighted by atomic mass is 10.2. The summed E-state index contributed by atoms with van der Waals surface area (Å²) in [4.78, 5) is 29.3. The number of hydrogen-bond acceptors (Lipinski definition) is 6. The molecule has 3 aromatic rings. The number of sulfonamides is 1. The Morgan fingerprint density at radius 1 is 1.17 bits per heavy atom. The normalized spacial score (nSPS) is 11.6. The number of hydrogen-bond donors (Lipinski definition) is 1. The Labute approximate surface area is 166 Å². The van der Waals surface area contributed by atoms with Crippen LogP contribution in [0.2, 0.25) is 0 Å². The van der Waals surface area contributed by atoms with Crippen molar-refractivity contribution in [3.05, 3.63) is 50.7 Å². The SMILES string of the molecule is CN(C)S(=O)(=O)c1nc2c(c(=O)n(C)c(=O)n2CC#Cc2cccc(O)c2)n1C. The first-order valence-corrected chi connectivity index (χ1v) is 9.86. The van der Waals surface area contributed by atoms with Crippen LogP contribution in [0.3, 0.4) is 0 Å². The van der Waals surface area contributed by atoms with Crippen molar-refractivity contribution in [1.82, 2.24) is 23.0 Å². The third-order valence-electron chi connectivity index (χ3n) is 4.34. The third kappa shape index (κ3) is 3.43. The largest absolute Gasteiger partial charge is 0.508 e. The van der Waals surface area contributed by atoms with Gasteiger partial charge in [-0.1, -0.05) is 17.9 Å². The molecular formula is C18H19N5O5S. The van der Waals surface area contributed by atoms with E-state index in [4.69, 9.17) is 0 Å². The second kappa shape index (κ2) is 7.23. The first-order chi connectivity index (χ1) is 13.6. The quantitative estimate of drug-likeness (QED) is 0.571. The molecule has 2 aromatic heterocycles. The van der Waals surface area contributed by atoms with Crippen molar-refractivity contribution >= 4 is 21.2 Å². The summed E-state index contributed by atoms with van der Waals surface area (Å²) in [5.74, 6) is 5.66. The fourth-order valence-electron chi connectivity index (χ4n) is 2.75. The van der Waals surface area contributed by atoms with Gasteiger partial charge in [-0.25, -0.2) is 17.5 Å². The molecule has 0 radical (unpaired) electrons.